The van der Waals surface area contributed by atoms with Gasteiger partial charge >= 0.3 is 0 Å². The lowest BCUT2D eigenvalue weighted by molar-refractivity contribution is -0.114. The summed E-state index contributed by atoms with van der Waals surface area (Å²) in [7, 11) is -0.578. The SMILES string of the molecule is CC(=O)c1ccc(NCC(=O)Nc2ccc(S(=O)(=O)N(C)C)cc2)cc1. The Morgan fingerprint density at radius 2 is 1.46 bits per heavy atom. The van der Waals surface area contributed by atoms with Crippen LogP contribution in [0, 0.1) is 0 Å². The molecule has 0 saturated heterocycles. The van der Waals surface area contributed by atoms with Gasteiger partial charge in [0.1, 0.15) is 0 Å². The number of Topliss-reactive ketones (excluding diaryl/α,β-unsaturated/α-hetero) is 1. The summed E-state index contributed by atoms with van der Waals surface area (Å²) in [6.07, 6.45) is 0. The van der Waals surface area contributed by atoms with Gasteiger partial charge in [-0.1, -0.05) is 0 Å². The lowest BCUT2D eigenvalue weighted by atomic mass is 10.1. The highest BCUT2D eigenvalue weighted by molar-refractivity contribution is 7.89. The number of nitrogens with one attached hydrogen (secondary N) is 2. The van der Waals surface area contributed by atoms with Crippen LogP contribution in [-0.4, -0.2) is 45.1 Å². The topological polar surface area (TPSA) is 95.6 Å². The number of nitrogens with zero attached hydrogens (tertiary/aromatic N) is 1. The number of hydrogen-bond donors (Lipinski definition) is 2. The van der Waals surface area contributed by atoms with Gasteiger partial charge < -0.3 is 10.6 Å². The van der Waals surface area contributed by atoms with Gasteiger partial charge in [-0.05, 0) is 55.5 Å². The predicted molar refractivity (Wildman–Crippen MR) is 101 cm³/mol. The van der Waals surface area contributed by atoms with Gasteiger partial charge in [-0.25, -0.2) is 12.7 Å². The summed E-state index contributed by atoms with van der Waals surface area (Å²) in [5.41, 5.74) is 1.83. The molecular weight excluding hydrogens is 354 g/mol. The zero-order valence-corrected chi connectivity index (χ0v) is 15.6. The summed E-state index contributed by atoms with van der Waals surface area (Å²) in [4.78, 5) is 23.4. The standard InChI is InChI=1S/C18H21N3O4S/c1-13(22)14-4-6-15(7-5-14)19-12-18(23)20-16-8-10-17(11-9-16)26(24,25)21(2)3/h4-11,19H,12H2,1-3H3,(H,20,23). The van der Waals surface area contributed by atoms with Gasteiger partial charge in [-0.15, -0.1) is 0 Å². The molecule has 0 aliphatic carbocycles. The van der Waals surface area contributed by atoms with Crippen LogP contribution in [0.2, 0.25) is 0 Å². The highest BCUT2D eigenvalue weighted by Crippen LogP contribution is 2.16. The molecule has 0 aromatic heterocycles. The Morgan fingerprint density at radius 3 is 1.96 bits per heavy atom. The van der Waals surface area contributed by atoms with Crippen molar-refractivity contribution in [3.63, 3.8) is 0 Å². The first kappa shape index (κ1) is 19.6. The van der Waals surface area contributed by atoms with Gasteiger partial charge in [-0.3, -0.25) is 9.59 Å². The maximum absolute atomic E-state index is 12.0. The van der Waals surface area contributed by atoms with Crippen molar-refractivity contribution < 1.29 is 18.0 Å². The van der Waals surface area contributed by atoms with E-state index in [4.69, 9.17) is 0 Å². The summed E-state index contributed by atoms with van der Waals surface area (Å²) in [6.45, 7) is 1.53. The smallest absolute Gasteiger partial charge is 0.243 e. The third-order valence-electron chi connectivity index (χ3n) is 3.66. The molecule has 0 aliphatic rings. The Balaban J connectivity index is 1.92. The van der Waals surface area contributed by atoms with Crippen LogP contribution >= 0.6 is 0 Å². The Kier molecular flexibility index (Phi) is 6.12. The Labute approximate surface area is 153 Å². The summed E-state index contributed by atoms with van der Waals surface area (Å²) >= 11 is 0. The van der Waals surface area contributed by atoms with Crippen LogP contribution in [0.4, 0.5) is 11.4 Å². The molecule has 0 fully saturated rings. The highest BCUT2D eigenvalue weighted by Gasteiger charge is 2.16. The number of ketones is 1. The van der Waals surface area contributed by atoms with E-state index in [1.54, 1.807) is 24.3 Å². The van der Waals surface area contributed by atoms with Gasteiger partial charge in [0.25, 0.3) is 0 Å². The van der Waals surface area contributed by atoms with Crippen molar-refractivity contribution in [1.82, 2.24) is 4.31 Å². The monoisotopic (exact) mass is 375 g/mol. The van der Waals surface area contributed by atoms with E-state index in [9.17, 15) is 18.0 Å². The lowest BCUT2D eigenvalue weighted by Gasteiger charge is -2.12. The molecule has 2 N–H and O–H groups in total. The first-order valence-corrected chi connectivity index (χ1v) is 9.31. The summed E-state index contributed by atoms with van der Waals surface area (Å²) in [5.74, 6) is -0.294. The molecule has 2 aromatic carbocycles. The van der Waals surface area contributed by atoms with Crippen LogP contribution in [0.3, 0.4) is 0 Å². The molecule has 138 valence electrons. The lowest BCUT2D eigenvalue weighted by Crippen LogP contribution is -2.23. The number of hydrogen-bond acceptors (Lipinski definition) is 5. The number of sulfonamides is 1. The van der Waals surface area contributed by atoms with Crippen LogP contribution in [0.1, 0.15) is 17.3 Å². The maximum Gasteiger partial charge on any atom is 0.243 e. The number of carbonyl (C=O) groups is 2. The molecule has 8 heteroatoms. The van der Waals surface area contributed by atoms with Crippen molar-refractivity contribution in [3.8, 4) is 0 Å². The zero-order valence-electron chi connectivity index (χ0n) is 14.8. The van der Waals surface area contributed by atoms with Crippen molar-refractivity contribution >= 4 is 33.1 Å². The predicted octanol–water partition coefficient (Wildman–Crippen LogP) is 2.19. The van der Waals surface area contributed by atoms with Crippen molar-refractivity contribution in [3.05, 3.63) is 54.1 Å². The average Bonchev–Trinajstić information content (AvgIpc) is 2.60. The molecule has 0 atom stereocenters. The van der Waals surface area contributed by atoms with E-state index >= 15 is 0 Å². The number of anilines is 2. The summed E-state index contributed by atoms with van der Waals surface area (Å²) in [6, 6.07) is 12.8. The number of amides is 1. The largest absolute Gasteiger partial charge is 0.376 e. The van der Waals surface area contributed by atoms with E-state index in [-0.39, 0.29) is 23.1 Å². The molecule has 0 unspecified atom stereocenters. The second kappa shape index (κ2) is 8.11. The number of benzene rings is 2. The highest BCUT2D eigenvalue weighted by atomic mass is 32.2. The molecule has 0 spiro atoms. The van der Waals surface area contributed by atoms with E-state index < -0.39 is 10.0 Å². The maximum atomic E-state index is 12.0. The minimum atomic E-state index is -3.49. The molecule has 7 nitrogen and oxygen atoms in total. The molecule has 0 radical (unpaired) electrons. The van der Waals surface area contributed by atoms with Crippen LogP contribution in [0.5, 0.6) is 0 Å². The quantitative estimate of drug-likeness (QED) is 0.723. The van der Waals surface area contributed by atoms with E-state index in [0.717, 1.165) is 9.99 Å². The van der Waals surface area contributed by atoms with Gasteiger partial charge in [0.15, 0.2) is 5.78 Å². The average molecular weight is 375 g/mol. The number of carbonyl (C=O) groups excluding carboxylic acids is 2. The van der Waals surface area contributed by atoms with Crippen LogP contribution in [-0.2, 0) is 14.8 Å². The minimum absolute atomic E-state index is 0.0194. The first-order chi connectivity index (χ1) is 12.2. The second-order valence-electron chi connectivity index (χ2n) is 5.85. The molecule has 26 heavy (non-hydrogen) atoms. The van der Waals surface area contributed by atoms with Crippen LogP contribution in [0.25, 0.3) is 0 Å². The van der Waals surface area contributed by atoms with Crippen molar-refractivity contribution in [2.75, 3.05) is 31.3 Å². The van der Waals surface area contributed by atoms with Crippen LogP contribution < -0.4 is 10.6 Å². The number of rotatable bonds is 7. The third-order valence-corrected chi connectivity index (χ3v) is 5.49. The fourth-order valence-corrected chi connectivity index (χ4v) is 3.03. The molecule has 2 rings (SSSR count). The van der Waals surface area contributed by atoms with E-state index in [1.807, 2.05) is 0 Å². The van der Waals surface area contributed by atoms with Crippen molar-refractivity contribution in [2.45, 2.75) is 11.8 Å². The molecule has 0 saturated carbocycles. The molecule has 1 amide bonds. The van der Waals surface area contributed by atoms with E-state index in [1.165, 1.54) is 45.3 Å². The Hall–Kier alpha value is -2.71. The fraction of sp³-hybridized carbons (Fsp3) is 0.222. The normalized spacial score (nSPS) is 11.2. The minimum Gasteiger partial charge on any atom is -0.376 e. The third kappa shape index (κ3) is 4.90. The van der Waals surface area contributed by atoms with Crippen LogP contribution in [0.15, 0.2) is 53.4 Å². The molecule has 2 aromatic rings. The van der Waals surface area contributed by atoms with Crippen molar-refractivity contribution in [2.24, 2.45) is 0 Å². The van der Waals surface area contributed by atoms with Gasteiger partial charge in [0, 0.05) is 31.0 Å². The Bertz CT molecular complexity index is 889. The Morgan fingerprint density at radius 1 is 0.923 bits per heavy atom. The first-order valence-electron chi connectivity index (χ1n) is 7.87. The van der Waals surface area contributed by atoms with E-state index in [0.29, 0.717) is 11.3 Å². The van der Waals surface area contributed by atoms with Crippen molar-refractivity contribution in [1.29, 1.82) is 0 Å². The molecule has 0 bridgehead atoms. The molecule has 0 heterocycles. The van der Waals surface area contributed by atoms with Gasteiger partial charge in [0.05, 0.1) is 11.4 Å². The fourth-order valence-electron chi connectivity index (χ4n) is 2.13. The summed E-state index contributed by atoms with van der Waals surface area (Å²) < 4.78 is 25.1. The summed E-state index contributed by atoms with van der Waals surface area (Å²) in [5, 5.41) is 5.64. The molecular formula is C18H21N3O4S. The second-order valence-corrected chi connectivity index (χ2v) is 8.00. The van der Waals surface area contributed by atoms with E-state index in [2.05, 4.69) is 10.6 Å². The molecule has 0 aliphatic heterocycles. The van der Waals surface area contributed by atoms with Gasteiger partial charge in [-0.2, -0.15) is 0 Å². The zero-order chi connectivity index (χ0) is 19.3. The van der Waals surface area contributed by atoms with Gasteiger partial charge in [0.2, 0.25) is 15.9 Å².